The summed E-state index contributed by atoms with van der Waals surface area (Å²) in [6, 6.07) is 8.20. The van der Waals surface area contributed by atoms with Crippen LogP contribution in [-0.4, -0.2) is 23.2 Å². The molecule has 0 bridgehead atoms. The Kier molecular flexibility index (Phi) is 4.92. The molecule has 5 nitrogen and oxygen atoms in total. The number of hydrogen-bond acceptors (Lipinski definition) is 3. The smallest absolute Gasteiger partial charge is 0.408 e. The van der Waals surface area contributed by atoms with Crippen molar-refractivity contribution in [2.45, 2.75) is 33.4 Å². The molecule has 5 heteroatoms. The fourth-order valence-corrected chi connectivity index (χ4v) is 1.53. The average Bonchev–Trinajstić information content (AvgIpc) is 2.33. The molecule has 19 heavy (non-hydrogen) atoms. The monoisotopic (exact) mass is 265 g/mol. The van der Waals surface area contributed by atoms with Crippen molar-refractivity contribution in [3.63, 3.8) is 0 Å². The van der Waals surface area contributed by atoms with E-state index >= 15 is 0 Å². The van der Waals surface area contributed by atoms with Crippen molar-refractivity contribution in [1.29, 1.82) is 0 Å². The number of ether oxygens (including phenoxy) is 1. The van der Waals surface area contributed by atoms with Gasteiger partial charge in [0.1, 0.15) is 12.6 Å². The van der Waals surface area contributed by atoms with E-state index in [2.05, 4.69) is 5.32 Å². The highest BCUT2D eigenvalue weighted by atomic mass is 16.5. The third-order valence-corrected chi connectivity index (χ3v) is 2.59. The highest BCUT2D eigenvalue weighted by Crippen LogP contribution is 2.19. The van der Waals surface area contributed by atoms with Crippen molar-refractivity contribution in [3.8, 4) is 0 Å². The molecule has 0 aliphatic heterocycles. The van der Waals surface area contributed by atoms with E-state index in [1.54, 1.807) is 20.8 Å². The Bertz CT molecular complexity index is 437. The number of alkyl carbamates (subject to hydrolysis) is 1. The first-order valence-corrected chi connectivity index (χ1v) is 6.00. The van der Waals surface area contributed by atoms with Crippen LogP contribution in [0.4, 0.5) is 4.79 Å². The highest BCUT2D eigenvalue weighted by molar-refractivity contribution is 5.80. The minimum atomic E-state index is -1.08. The van der Waals surface area contributed by atoms with E-state index in [1.807, 2.05) is 30.3 Å². The average molecular weight is 265 g/mol. The van der Waals surface area contributed by atoms with Gasteiger partial charge in [-0.3, -0.25) is 0 Å². The summed E-state index contributed by atoms with van der Waals surface area (Å²) in [6.07, 6.45) is -0.730. The van der Waals surface area contributed by atoms with Crippen LogP contribution in [0.15, 0.2) is 30.3 Å². The van der Waals surface area contributed by atoms with Crippen LogP contribution in [0, 0.1) is 5.41 Å². The van der Waals surface area contributed by atoms with Crippen LogP contribution in [0.1, 0.15) is 26.3 Å². The van der Waals surface area contributed by atoms with Gasteiger partial charge in [-0.2, -0.15) is 0 Å². The van der Waals surface area contributed by atoms with E-state index < -0.39 is 23.5 Å². The van der Waals surface area contributed by atoms with Gasteiger partial charge < -0.3 is 15.2 Å². The second-order valence-electron chi connectivity index (χ2n) is 5.34. The molecule has 0 aliphatic carbocycles. The third kappa shape index (κ3) is 4.99. The fraction of sp³-hybridized carbons (Fsp3) is 0.429. The topological polar surface area (TPSA) is 75.6 Å². The summed E-state index contributed by atoms with van der Waals surface area (Å²) in [5.74, 6) is -1.08. The molecule has 0 unspecified atom stereocenters. The lowest BCUT2D eigenvalue weighted by atomic mass is 9.87. The lowest BCUT2D eigenvalue weighted by Gasteiger charge is -2.27. The van der Waals surface area contributed by atoms with Gasteiger partial charge in [0.15, 0.2) is 0 Å². The summed E-state index contributed by atoms with van der Waals surface area (Å²) in [5.41, 5.74) is 0.262. The second-order valence-corrected chi connectivity index (χ2v) is 5.34. The number of carboxylic acid groups (broad SMARTS) is 1. The number of benzene rings is 1. The van der Waals surface area contributed by atoms with E-state index in [4.69, 9.17) is 9.84 Å². The zero-order valence-corrected chi connectivity index (χ0v) is 11.3. The Hall–Kier alpha value is -2.04. The number of hydrogen-bond donors (Lipinski definition) is 2. The summed E-state index contributed by atoms with van der Waals surface area (Å²) < 4.78 is 4.99. The molecule has 1 rings (SSSR count). The van der Waals surface area contributed by atoms with Gasteiger partial charge in [-0.1, -0.05) is 51.1 Å². The minimum absolute atomic E-state index is 0.114. The molecular formula is C14H19NO4. The quantitative estimate of drug-likeness (QED) is 0.876. The van der Waals surface area contributed by atoms with Gasteiger partial charge >= 0.3 is 12.1 Å². The number of nitrogens with one attached hydrogen (secondary N) is 1. The van der Waals surface area contributed by atoms with Gasteiger partial charge in [0.25, 0.3) is 0 Å². The van der Waals surface area contributed by atoms with Crippen LogP contribution in [0.2, 0.25) is 0 Å². The van der Waals surface area contributed by atoms with Crippen molar-refractivity contribution in [3.05, 3.63) is 35.9 Å². The molecule has 104 valence electrons. The zero-order chi connectivity index (χ0) is 14.5. The molecule has 1 atom stereocenters. The molecule has 0 spiro atoms. The molecule has 0 aliphatic rings. The molecule has 0 fully saturated rings. The summed E-state index contributed by atoms with van der Waals surface area (Å²) in [7, 11) is 0. The van der Waals surface area contributed by atoms with Crippen molar-refractivity contribution in [2.75, 3.05) is 0 Å². The van der Waals surface area contributed by atoms with E-state index in [0.717, 1.165) is 5.56 Å². The summed E-state index contributed by atoms with van der Waals surface area (Å²) in [5, 5.41) is 11.4. The van der Waals surface area contributed by atoms with Crippen LogP contribution in [-0.2, 0) is 16.1 Å². The number of amides is 1. The zero-order valence-electron chi connectivity index (χ0n) is 11.3. The lowest BCUT2D eigenvalue weighted by molar-refractivity contribution is -0.142. The molecule has 1 amide bonds. The number of carbonyl (C=O) groups is 2. The molecule has 1 aromatic carbocycles. The molecule has 0 aromatic heterocycles. The largest absolute Gasteiger partial charge is 0.480 e. The van der Waals surface area contributed by atoms with Gasteiger partial charge in [0.2, 0.25) is 0 Å². The van der Waals surface area contributed by atoms with Crippen molar-refractivity contribution in [2.24, 2.45) is 5.41 Å². The van der Waals surface area contributed by atoms with Crippen LogP contribution in [0.3, 0.4) is 0 Å². The SMILES string of the molecule is CC(C)(C)[C@@H](NC(=O)OCc1ccccc1)C(=O)O. The van der Waals surface area contributed by atoms with Gasteiger partial charge in [0, 0.05) is 0 Å². The van der Waals surface area contributed by atoms with E-state index in [-0.39, 0.29) is 6.61 Å². The Balaban J connectivity index is 2.52. The Morgan fingerprint density at radius 2 is 1.84 bits per heavy atom. The number of rotatable bonds is 4. The first-order chi connectivity index (χ1) is 8.80. The summed E-state index contributed by atoms with van der Waals surface area (Å²) in [4.78, 5) is 22.7. The van der Waals surface area contributed by atoms with Gasteiger partial charge in [-0.25, -0.2) is 9.59 Å². The Morgan fingerprint density at radius 3 is 2.32 bits per heavy atom. The van der Waals surface area contributed by atoms with Gasteiger partial charge in [-0.05, 0) is 11.0 Å². The molecular weight excluding hydrogens is 246 g/mol. The van der Waals surface area contributed by atoms with Gasteiger partial charge in [0.05, 0.1) is 0 Å². The van der Waals surface area contributed by atoms with Crippen LogP contribution < -0.4 is 5.32 Å². The van der Waals surface area contributed by atoms with E-state index in [9.17, 15) is 9.59 Å². The molecule has 0 saturated carbocycles. The maximum absolute atomic E-state index is 11.6. The summed E-state index contributed by atoms with van der Waals surface area (Å²) >= 11 is 0. The first-order valence-electron chi connectivity index (χ1n) is 6.00. The minimum Gasteiger partial charge on any atom is -0.480 e. The Labute approximate surface area is 112 Å². The molecule has 1 aromatic rings. The van der Waals surface area contributed by atoms with E-state index in [0.29, 0.717) is 0 Å². The lowest BCUT2D eigenvalue weighted by Crippen LogP contribution is -2.49. The highest BCUT2D eigenvalue weighted by Gasteiger charge is 2.33. The van der Waals surface area contributed by atoms with Gasteiger partial charge in [-0.15, -0.1) is 0 Å². The van der Waals surface area contributed by atoms with Crippen molar-refractivity contribution >= 4 is 12.1 Å². The standard InChI is InChI=1S/C14H19NO4/c1-14(2,3)11(12(16)17)15-13(18)19-9-10-7-5-4-6-8-10/h4-8,11H,9H2,1-3H3,(H,15,18)(H,16,17)/t11-/m0/s1. The maximum atomic E-state index is 11.6. The van der Waals surface area contributed by atoms with Crippen molar-refractivity contribution < 1.29 is 19.4 Å². The van der Waals surface area contributed by atoms with Crippen LogP contribution in [0.25, 0.3) is 0 Å². The first kappa shape index (κ1) is 15.0. The molecule has 2 N–H and O–H groups in total. The molecule has 0 heterocycles. The number of carbonyl (C=O) groups excluding carboxylic acids is 1. The predicted octanol–water partition coefficient (Wildman–Crippen LogP) is 2.41. The van der Waals surface area contributed by atoms with E-state index in [1.165, 1.54) is 0 Å². The molecule has 0 radical (unpaired) electrons. The number of carboxylic acids is 1. The fourth-order valence-electron chi connectivity index (χ4n) is 1.53. The van der Waals surface area contributed by atoms with Crippen molar-refractivity contribution in [1.82, 2.24) is 5.32 Å². The molecule has 0 saturated heterocycles. The van der Waals surface area contributed by atoms with Crippen LogP contribution in [0.5, 0.6) is 0 Å². The maximum Gasteiger partial charge on any atom is 0.408 e. The summed E-state index contributed by atoms with van der Waals surface area (Å²) in [6.45, 7) is 5.33. The second kappa shape index (κ2) is 6.22. The predicted molar refractivity (Wildman–Crippen MR) is 70.6 cm³/mol. The van der Waals surface area contributed by atoms with Crippen LogP contribution >= 0.6 is 0 Å². The Morgan fingerprint density at radius 1 is 1.26 bits per heavy atom. The number of aliphatic carboxylic acids is 1. The third-order valence-electron chi connectivity index (χ3n) is 2.59. The normalized spacial score (nSPS) is 12.6.